The van der Waals surface area contributed by atoms with Crippen molar-refractivity contribution in [3.63, 3.8) is 0 Å². The van der Waals surface area contributed by atoms with Crippen LogP contribution in [0.4, 0.5) is 0 Å². The molecule has 0 amide bonds. The molecule has 3 nitrogen and oxygen atoms in total. The predicted octanol–water partition coefficient (Wildman–Crippen LogP) is 3.34. The van der Waals surface area contributed by atoms with Crippen molar-refractivity contribution in [1.82, 2.24) is 3.96 Å². The van der Waals surface area contributed by atoms with Gasteiger partial charge in [0.25, 0.3) is 5.56 Å². The smallest absolute Gasteiger partial charge is 0.273 e. The highest BCUT2D eigenvalue weighted by molar-refractivity contribution is 7.80. The van der Waals surface area contributed by atoms with Crippen molar-refractivity contribution in [2.75, 3.05) is 0 Å². The van der Waals surface area contributed by atoms with Crippen LogP contribution in [-0.4, -0.2) is 8.95 Å². The predicted molar refractivity (Wildman–Crippen MR) is 88.3 cm³/mol. The zero-order chi connectivity index (χ0) is 14.3. The van der Waals surface area contributed by atoms with E-state index in [1.807, 2.05) is 24.3 Å². The molecule has 1 heterocycles. The van der Waals surface area contributed by atoms with Crippen LogP contribution in [0.3, 0.4) is 0 Å². The molecule has 0 fully saturated rings. The molecule has 0 saturated heterocycles. The Morgan fingerprint density at radius 1 is 1.25 bits per heavy atom. The van der Waals surface area contributed by atoms with E-state index >= 15 is 0 Å². The summed E-state index contributed by atoms with van der Waals surface area (Å²) in [6.45, 7) is 0. The topological polar surface area (TPSA) is 48.0 Å². The van der Waals surface area contributed by atoms with E-state index in [-0.39, 0.29) is 10.5 Å². The normalized spacial score (nSPS) is 10.8. The van der Waals surface area contributed by atoms with Gasteiger partial charge in [-0.1, -0.05) is 47.5 Å². The number of hydrogen-bond donors (Lipinski definition) is 1. The second-order valence-electron chi connectivity index (χ2n) is 4.22. The number of fused-ring (bicyclic) bond motifs is 1. The van der Waals surface area contributed by atoms with Crippen LogP contribution in [0, 0.1) is 0 Å². The lowest BCUT2D eigenvalue weighted by Crippen LogP contribution is -2.13. The Labute approximate surface area is 129 Å². The molecule has 3 rings (SSSR count). The number of halogens is 1. The average Bonchev–Trinajstić information content (AvgIpc) is 2.76. The Kier molecular flexibility index (Phi) is 3.33. The molecule has 1 aromatic heterocycles. The Morgan fingerprint density at radius 3 is 2.65 bits per heavy atom. The van der Waals surface area contributed by atoms with Crippen LogP contribution in [0.1, 0.15) is 5.56 Å². The molecule has 0 unspecified atom stereocenters. The van der Waals surface area contributed by atoms with Crippen molar-refractivity contribution in [1.29, 1.82) is 0 Å². The molecular weight excluding hydrogens is 312 g/mol. The van der Waals surface area contributed by atoms with Crippen LogP contribution in [-0.2, 0) is 0 Å². The van der Waals surface area contributed by atoms with E-state index in [0.717, 1.165) is 4.70 Å². The van der Waals surface area contributed by atoms with E-state index in [4.69, 9.17) is 29.6 Å². The Balaban J connectivity index is 2.23. The summed E-state index contributed by atoms with van der Waals surface area (Å²) in [7, 11) is 0. The van der Waals surface area contributed by atoms with Crippen LogP contribution in [0.25, 0.3) is 15.8 Å². The highest BCUT2D eigenvalue weighted by atomic mass is 35.5. The lowest BCUT2D eigenvalue weighted by Gasteiger charge is -2.05. The largest absolute Gasteiger partial charge is 0.389 e. The zero-order valence-corrected chi connectivity index (χ0v) is 12.6. The first-order valence-corrected chi connectivity index (χ1v) is 7.34. The molecule has 0 radical (unpaired) electrons. The number of hydrogen-bond acceptors (Lipinski definition) is 3. The van der Waals surface area contributed by atoms with E-state index in [2.05, 4.69) is 0 Å². The van der Waals surface area contributed by atoms with E-state index < -0.39 is 0 Å². The van der Waals surface area contributed by atoms with Gasteiger partial charge in [0.15, 0.2) is 0 Å². The first-order chi connectivity index (χ1) is 9.58. The molecule has 3 aromatic rings. The first-order valence-electron chi connectivity index (χ1n) is 5.79. The van der Waals surface area contributed by atoms with Gasteiger partial charge in [-0.2, -0.15) is 0 Å². The summed E-state index contributed by atoms with van der Waals surface area (Å²) < 4.78 is 2.50. The summed E-state index contributed by atoms with van der Waals surface area (Å²) in [5.41, 5.74) is 6.82. The Hall–Kier alpha value is -1.69. The SMILES string of the molecule is NC(=S)c1ccc(-n2sc3ccccc3c2=O)c(Cl)c1. The minimum absolute atomic E-state index is 0.0735. The number of thiocarbonyl (C=S) groups is 1. The van der Waals surface area contributed by atoms with Gasteiger partial charge in [0.1, 0.15) is 4.99 Å². The molecule has 6 heteroatoms. The lowest BCUT2D eigenvalue weighted by molar-refractivity contribution is 1.14. The van der Waals surface area contributed by atoms with Crippen LogP contribution in [0.15, 0.2) is 47.3 Å². The van der Waals surface area contributed by atoms with E-state index in [9.17, 15) is 4.79 Å². The van der Waals surface area contributed by atoms with Crippen LogP contribution >= 0.6 is 35.4 Å². The summed E-state index contributed by atoms with van der Waals surface area (Å²) >= 11 is 12.5. The molecule has 100 valence electrons. The van der Waals surface area contributed by atoms with Crippen molar-refractivity contribution in [2.45, 2.75) is 0 Å². The monoisotopic (exact) mass is 320 g/mol. The third-order valence-electron chi connectivity index (χ3n) is 2.94. The van der Waals surface area contributed by atoms with E-state index in [1.165, 1.54) is 11.5 Å². The van der Waals surface area contributed by atoms with Gasteiger partial charge in [-0.15, -0.1) is 0 Å². The fraction of sp³-hybridized carbons (Fsp3) is 0. The van der Waals surface area contributed by atoms with Gasteiger partial charge in [0, 0.05) is 5.56 Å². The second kappa shape index (κ2) is 5.01. The van der Waals surface area contributed by atoms with Crippen LogP contribution in [0.5, 0.6) is 0 Å². The summed E-state index contributed by atoms with van der Waals surface area (Å²) in [6, 6.07) is 12.7. The van der Waals surface area contributed by atoms with Gasteiger partial charge < -0.3 is 5.73 Å². The van der Waals surface area contributed by atoms with Crippen molar-refractivity contribution in [3.05, 3.63) is 63.4 Å². The van der Waals surface area contributed by atoms with Crippen LogP contribution in [0.2, 0.25) is 5.02 Å². The maximum atomic E-state index is 12.4. The zero-order valence-electron chi connectivity index (χ0n) is 10.2. The quantitative estimate of drug-likeness (QED) is 0.737. The second-order valence-corrected chi connectivity index (χ2v) is 6.05. The molecule has 0 bridgehead atoms. The maximum absolute atomic E-state index is 12.4. The number of nitrogens with zero attached hydrogens (tertiary/aromatic N) is 1. The third-order valence-corrected chi connectivity index (χ3v) is 4.58. The van der Waals surface area contributed by atoms with Crippen LogP contribution < -0.4 is 11.3 Å². The molecular formula is C14H9ClN2OS2. The van der Waals surface area contributed by atoms with Gasteiger partial charge in [-0.05, 0) is 30.3 Å². The third kappa shape index (κ3) is 2.14. The van der Waals surface area contributed by atoms with Gasteiger partial charge in [0.2, 0.25) is 0 Å². The number of aromatic nitrogens is 1. The molecule has 0 aliphatic carbocycles. The van der Waals surface area contributed by atoms with Gasteiger partial charge in [-0.25, -0.2) is 3.96 Å². The molecule has 0 aliphatic rings. The average molecular weight is 321 g/mol. The Morgan fingerprint density at radius 2 is 2.00 bits per heavy atom. The number of benzene rings is 2. The van der Waals surface area contributed by atoms with E-state index in [1.54, 1.807) is 22.2 Å². The van der Waals surface area contributed by atoms with Gasteiger partial charge in [-0.3, -0.25) is 4.79 Å². The number of rotatable bonds is 2. The van der Waals surface area contributed by atoms with Gasteiger partial charge in [0.05, 0.1) is 20.8 Å². The summed E-state index contributed by atoms with van der Waals surface area (Å²) in [4.78, 5) is 12.6. The molecule has 0 saturated carbocycles. The van der Waals surface area contributed by atoms with Crippen molar-refractivity contribution in [3.8, 4) is 5.69 Å². The Bertz CT molecular complexity index is 882. The molecule has 20 heavy (non-hydrogen) atoms. The summed E-state index contributed by atoms with van der Waals surface area (Å²) in [5, 5.41) is 1.14. The number of nitrogens with two attached hydrogens (primary N) is 1. The fourth-order valence-electron chi connectivity index (χ4n) is 1.96. The molecule has 0 spiro atoms. The highest BCUT2D eigenvalue weighted by Gasteiger charge is 2.12. The molecule has 2 N–H and O–H groups in total. The highest BCUT2D eigenvalue weighted by Crippen LogP contribution is 2.26. The lowest BCUT2D eigenvalue weighted by atomic mass is 10.2. The summed E-state index contributed by atoms with van der Waals surface area (Å²) in [5.74, 6) is 0. The molecule has 2 aromatic carbocycles. The maximum Gasteiger partial charge on any atom is 0.273 e. The standard InChI is InChI=1S/C14H9ClN2OS2/c15-10-7-8(13(16)19)5-6-11(10)17-14(18)9-3-1-2-4-12(9)20-17/h1-7H,(H2,16,19). The molecule has 0 aliphatic heterocycles. The fourth-order valence-corrected chi connectivity index (χ4v) is 3.43. The van der Waals surface area contributed by atoms with Crippen molar-refractivity contribution < 1.29 is 0 Å². The summed E-state index contributed by atoms with van der Waals surface area (Å²) in [6.07, 6.45) is 0. The van der Waals surface area contributed by atoms with E-state index in [0.29, 0.717) is 21.7 Å². The molecule has 0 atom stereocenters. The van der Waals surface area contributed by atoms with Gasteiger partial charge >= 0.3 is 0 Å². The first kappa shape index (κ1) is 13.3. The minimum atomic E-state index is -0.0735. The van der Waals surface area contributed by atoms with Crippen molar-refractivity contribution >= 4 is 50.4 Å². The minimum Gasteiger partial charge on any atom is -0.389 e. The van der Waals surface area contributed by atoms with Crippen molar-refractivity contribution in [2.24, 2.45) is 5.73 Å².